The van der Waals surface area contributed by atoms with E-state index >= 15 is 0 Å². The van der Waals surface area contributed by atoms with Gasteiger partial charge in [0, 0.05) is 0 Å². The largest absolute Gasteiger partial charge is 0.466 e. The Morgan fingerprint density at radius 3 is 2.70 bits per heavy atom. The van der Waals surface area contributed by atoms with Gasteiger partial charge in [0.15, 0.2) is 0 Å². The molecule has 5 nitrogen and oxygen atoms in total. The number of nitrogens with one attached hydrogen (secondary N) is 1. The number of nitriles is 1. The molecule has 0 aliphatic carbocycles. The lowest BCUT2D eigenvalue weighted by molar-refractivity contribution is -0.143. The van der Waals surface area contributed by atoms with Crippen molar-refractivity contribution in [2.45, 2.75) is 26.3 Å². The quantitative estimate of drug-likeness (QED) is 0.828. The van der Waals surface area contributed by atoms with E-state index in [0.717, 1.165) is 11.1 Å². The first-order valence-electron chi connectivity index (χ1n) is 7.49. The zero-order chi connectivity index (χ0) is 16.7. The van der Waals surface area contributed by atoms with Gasteiger partial charge in [-0.05, 0) is 31.0 Å². The summed E-state index contributed by atoms with van der Waals surface area (Å²) >= 11 is 0. The Bertz CT molecular complexity index is 708. The molecule has 0 aliphatic rings. The summed E-state index contributed by atoms with van der Waals surface area (Å²) < 4.78 is 5.06. The molecule has 2 aromatic rings. The van der Waals surface area contributed by atoms with Crippen molar-refractivity contribution in [2.75, 3.05) is 11.9 Å². The Morgan fingerprint density at radius 2 is 2.04 bits per heavy atom. The summed E-state index contributed by atoms with van der Waals surface area (Å²) in [5, 5.41) is 12.3. The summed E-state index contributed by atoms with van der Waals surface area (Å²) in [6.45, 7) is 4.04. The summed E-state index contributed by atoms with van der Waals surface area (Å²) in [5.41, 5.74) is 2.21. The molecule has 23 heavy (non-hydrogen) atoms. The molecule has 0 spiro atoms. The molecule has 1 aromatic heterocycles. The van der Waals surface area contributed by atoms with Crippen LogP contribution in [0.2, 0.25) is 0 Å². The summed E-state index contributed by atoms with van der Waals surface area (Å²) in [5.74, 6) is 0.324. The minimum absolute atomic E-state index is 0.190. The molecule has 2 rings (SSSR count). The lowest BCUT2D eigenvalue weighted by Gasteiger charge is -2.20. The highest BCUT2D eigenvalue weighted by molar-refractivity contribution is 5.71. The van der Waals surface area contributed by atoms with E-state index in [0.29, 0.717) is 18.1 Å². The van der Waals surface area contributed by atoms with E-state index in [-0.39, 0.29) is 18.4 Å². The third kappa shape index (κ3) is 4.55. The van der Waals surface area contributed by atoms with E-state index in [1.165, 1.54) is 0 Å². The van der Waals surface area contributed by atoms with Gasteiger partial charge >= 0.3 is 5.97 Å². The second-order valence-electron chi connectivity index (χ2n) is 5.09. The van der Waals surface area contributed by atoms with Gasteiger partial charge in [-0.3, -0.25) is 4.79 Å². The van der Waals surface area contributed by atoms with Crippen LogP contribution in [0.15, 0.2) is 42.5 Å². The summed E-state index contributed by atoms with van der Waals surface area (Å²) in [4.78, 5) is 16.2. The molecule has 0 fully saturated rings. The smallest absolute Gasteiger partial charge is 0.308 e. The standard InChI is InChI=1S/C18H19N3O2/c1-3-23-17(22)11-16(14-7-5-4-6-8-14)21-18-13(2)9-10-15(12-19)20-18/h4-10,16H,3,11H2,1-2H3,(H,20,21)/t16-/m1/s1. The number of carbonyl (C=O) groups excluding carboxylic acids is 1. The van der Waals surface area contributed by atoms with Crippen molar-refractivity contribution >= 4 is 11.8 Å². The van der Waals surface area contributed by atoms with Crippen LogP contribution in [0.5, 0.6) is 0 Å². The van der Waals surface area contributed by atoms with Crippen LogP contribution in [0.25, 0.3) is 0 Å². The van der Waals surface area contributed by atoms with Crippen molar-refractivity contribution in [1.82, 2.24) is 4.98 Å². The molecule has 0 unspecified atom stereocenters. The molecule has 0 bridgehead atoms. The molecule has 0 radical (unpaired) electrons. The molecule has 1 N–H and O–H groups in total. The fraction of sp³-hybridized carbons (Fsp3) is 0.278. The van der Waals surface area contributed by atoms with E-state index < -0.39 is 0 Å². The van der Waals surface area contributed by atoms with E-state index in [4.69, 9.17) is 10.00 Å². The first kappa shape index (κ1) is 16.5. The number of rotatable bonds is 6. The molecule has 1 aromatic carbocycles. The van der Waals surface area contributed by atoms with Crippen molar-refractivity contribution in [2.24, 2.45) is 0 Å². The number of carbonyl (C=O) groups is 1. The summed E-state index contributed by atoms with van der Waals surface area (Å²) in [7, 11) is 0. The van der Waals surface area contributed by atoms with Crippen molar-refractivity contribution in [3.63, 3.8) is 0 Å². The van der Waals surface area contributed by atoms with Gasteiger partial charge < -0.3 is 10.1 Å². The van der Waals surface area contributed by atoms with Crippen LogP contribution in [-0.4, -0.2) is 17.6 Å². The zero-order valence-corrected chi connectivity index (χ0v) is 13.2. The van der Waals surface area contributed by atoms with Crippen LogP contribution >= 0.6 is 0 Å². The number of pyridine rings is 1. The second-order valence-corrected chi connectivity index (χ2v) is 5.09. The van der Waals surface area contributed by atoms with Crippen molar-refractivity contribution in [3.8, 4) is 6.07 Å². The maximum Gasteiger partial charge on any atom is 0.308 e. The summed E-state index contributed by atoms with van der Waals surface area (Å²) in [6, 6.07) is 14.9. The maximum absolute atomic E-state index is 11.9. The average molecular weight is 309 g/mol. The highest BCUT2D eigenvalue weighted by Gasteiger charge is 2.18. The van der Waals surface area contributed by atoms with Crippen molar-refractivity contribution < 1.29 is 9.53 Å². The topological polar surface area (TPSA) is 75.0 Å². The van der Waals surface area contributed by atoms with Gasteiger partial charge in [0.1, 0.15) is 17.6 Å². The minimum Gasteiger partial charge on any atom is -0.466 e. The minimum atomic E-state index is -0.275. The predicted octanol–water partition coefficient (Wildman–Crippen LogP) is 3.37. The molecule has 0 aliphatic heterocycles. The van der Waals surface area contributed by atoms with Gasteiger partial charge in [0.25, 0.3) is 0 Å². The molecular weight excluding hydrogens is 290 g/mol. The SMILES string of the molecule is CCOC(=O)C[C@@H](Nc1nc(C#N)ccc1C)c1ccccc1. The van der Waals surface area contributed by atoms with E-state index in [1.54, 1.807) is 13.0 Å². The van der Waals surface area contributed by atoms with Gasteiger partial charge in [0.05, 0.1) is 19.1 Å². The molecule has 1 atom stereocenters. The first-order valence-corrected chi connectivity index (χ1v) is 7.49. The van der Waals surface area contributed by atoms with E-state index in [2.05, 4.69) is 10.3 Å². The van der Waals surface area contributed by atoms with Crippen LogP contribution in [0.4, 0.5) is 5.82 Å². The lowest BCUT2D eigenvalue weighted by atomic mass is 10.0. The number of hydrogen-bond acceptors (Lipinski definition) is 5. The third-order valence-electron chi connectivity index (χ3n) is 3.40. The lowest BCUT2D eigenvalue weighted by Crippen LogP contribution is -2.18. The Hall–Kier alpha value is -2.87. The number of esters is 1. The Balaban J connectivity index is 2.28. The monoisotopic (exact) mass is 309 g/mol. The second kappa shape index (κ2) is 7.95. The van der Waals surface area contributed by atoms with Gasteiger partial charge in [-0.2, -0.15) is 5.26 Å². The number of nitrogens with zero attached hydrogens (tertiary/aromatic N) is 2. The van der Waals surface area contributed by atoms with Crippen molar-refractivity contribution in [1.29, 1.82) is 5.26 Å². The first-order chi connectivity index (χ1) is 11.1. The van der Waals surface area contributed by atoms with Gasteiger partial charge in [-0.15, -0.1) is 0 Å². The Kier molecular flexibility index (Phi) is 5.70. The van der Waals surface area contributed by atoms with Crippen LogP contribution in [0, 0.1) is 18.3 Å². The van der Waals surface area contributed by atoms with Gasteiger partial charge in [-0.25, -0.2) is 4.98 Å². The number of ether oxygens (including phenoxy) is 1. The number of hydrogen-bond donors (Lipinski definition) is 1. The number of benzene rings is 1. The maximum atomic E-state index is 11.9. The number of aromatic nitrogens is 1. The van der Waals surface area contributed by atoms with Crippen LogP contribution < -0.4 is 5.32 Å². The fourth-order valence-corrected chi connectivity index (χ4v) is 2.23. The zero-order valence-electron chi connectivity index (χ0n) is 13.2. The molecule has 118 valence electrons. The third-order valence-corrected chi connectivity index (χ3v) is 3.40. The predicted molar refractivity (Wildman–Crippen MR) is 87.7 cm³/mol. The average Bonchev–Trinajstić information content (AvgIpc) is 2.57. The molecule has 0 saturated carbocycles. The van der Waals surface area contributed by atoms with Gasteiger partial charge in [-0.1, -0.05) is 36.4 Å². The summed E-state index contributed by atoms with van der Waals surface area (Å²) in [6.07, 6.45) is 0.190. The molecule has 0 saturated heterocycles. The fourth-order valence-electron chi connectivity index (χ4n) is 2.23. The molecule has 1 heterocycles. The van der Waals surface area contributed by atoms with Gasteiger partial charge in [0.2, 0.25) is 0 Å². The van der Waals surface area contributed by atoms with Crippen molar-refractivity contribution in [3.05, 3.63) is 59.3 Å². The van der Waals surface area contributed by atoms with E-state index in [9.17, 15) is 4.79 Å². The Labute approximate surface area is 135 Å². The van der Waals surface area contributed by atoms with E-state index in [1.807, 2.05) is 49.4 Å². The normalized spacial score (nSPS) is 11.3. The van der Waals surface area contributed by atoms with Crippen LogP contribution in [-0.2, 0) is 9.53 Å². The Morgan fingerprint density at radius 1 is 1.30 bits per heavy atom. The highest BCUT2D eigenvalue weighted by atomic mass is 16.5. The number of anilines is 1. The number of aryl methyl sites for hydroxylation is 1. The molecule has 0 amide bonds. The molecular formula is C18H19N3O2. The van der Waals surface area contributed by atoms with Crippen LogP contribution in [0.3, 0.4) is 0 Å². The highest BCUT2D eigenvalue weighted by Crippen LogP contribution is 2.24. The van der Waals surface area contributed by atoms with Crippen LogP contribution in [0.1, 0.15) is 36.2 Å². The molecule has 5 heteroatoms.